The second-order valence-electron chi connectivity index (χ2n) is 3.75. The number of hydrogen-bond acceptors (Lipinski definition) is 1. The highest BCUT2D eigenvalue weighted by molar-refractivity contribution is 5.79. The molecule has 0 bridgehead atoms. The van der Waals surface area contributed by atoms with Crippen molar-refractivity contribution in [1.29, 1.82) is 0 Å². The van der Waals surface area contributed by atoms with Crippen molar-refractivity contribution in [2.75, 3.05) is 0 Å². The fourth-order valence-electron chi connectivity index (χ4n) is 1.29. The molecule has 0 unspecified atom stereocenters. The lowest BCUT2D eigenvalue weighted by Gasteiger charge is -1.97. The molecule has 70 valence electrons. The van der Waals surface area contributed by atoms with E-state index in [0.717, 1.165) is 17.4 Å². The molecule has 0 amide bonds. The van der Waals surface area contributed by atoms with E-state index in [9.17, 15) is 4.79 Å². The van der Waals surface area contributed by atoms with Crippen LogP contribution in [-0.2, 0) is 0 Å². The number of benzene rings is 1. The van der Waals surface area contributed by atoms with Crippen LogP contribution in [0.2, 0.25) is 0 Å². The van der Waals surface area contributed by atoms with Crippen molar-refractivity contribution >= 4 is 6.29 Å². The molecule has 0 radical (unpaired) electrons. The number of rotatable bonds is 1. The van der Waals surface area contributed by atoms with Gasteiger partial charge in [-0.2, -0.15) is 0 Å². The van der Waals surface area contributed by atoms with Gasteiger partial charge in [0.15, 0.2) is 6.29 Å². The van der Waals surface area contributed by atoms with Crippen LogP contribution < -0.4 is 0 Å². The van der Waals surface area contributed by atoms with Gasteiger partial charge in [0.2, 0.25) is 0 Å². The summed E-state index contributed by atoms with van der Waals surface area (Å²) >= 11 is 0. The predicted octanol–water partition coefficient (Wildman–Crippen LogP) is 2.57. The van der Waals surface area contributed by atoms with E-state index >= 15 is 0 Å². The molecular weight excluding hydrogens is 172 g/mol. The summed E-state index contributed by atoms with van der Waals surface area (Å²) in [7, 11) is 0. The molecule has 2 rings (SSSR count). The summed E-state index contributed by atoms with van der Waals surface area (Å²) in [5, 5.41) is 0. The van der Waals surface area contributed by atoms with Crippen LogP contribution in [0.25, 0.3) is 0 Å². The van der Waals surface area contributed by atoms with Crippen molar-refractivity contribution in [2.24, 2.45) is 5.92 Å². The van der Waals surface area contributed by atoms with Crippen LogP contribution in [0.5, 0.6) is 0 Å². The van der Waals surface area contributed by atoms with E-state index < -0.39 is 0 Å². The topological polar surface area (TPSA) is 17.1 Å². The van der Waals surface area contributed by atoms with E-state index in [1.165, 1.54) is 12.8 Å². The standard InChI is InChI=1S/C13H12O/c1-10-2-6-13(9-14)12(8-10)7-5-11-3-4-11/h2,6,8-9,11H,3-4H2,1H3. The SMILES string of the molecule is Cc1ccc(C=O)c(C#CC2CC2)c1. The van der Waals surface area contributed by atoms with Crippen LogP contribution in [0.15, 0.2) is 18.2 Å². The Morgan fingerprint density at radius 2 is 2.21 bits per heavy atom. The third-order valence-corrected chi connectivity index (χ3v) is 2.32. The van der Waals surface area contributed by atoms with Gasteiger partial charge in [-0.25, -0.2) is 0 Å². The largest absolute Gasteiger partial charge is 0.298 e. The smallest absolute Gasteiger partial charge is 0.151 e. The highest BCUT2D eigenvalue weighted by Gasteiger charge is 2.17. The van der Waals surface area contributed by atoms with Gasteiger partial charge in [-0.3, -0.25) is 4.79 Å². The zero-order valence-corrected chi connectivity index (χ0v) is 8.21. The van der Waals surface area contributed by atoms with Crippen molar-refractivity contribution < 1.29 is 4.79 Å². The molecule has 0 aliphatic heterocycles. The summed E-state index contributed by atoms with van der Waals surface area (Å²) in [6.07, 6.45) is 3.31. The van der Waals surface area contributed by atoms with Crippen molar-refractivity contribution in [3.8, 4) is 11.8 Å². The van der Waals surface area contributed by atoms with Crippen LogP contribution in [0.4, 0.5) is 0 Å². The maximum atomic E-state index is 10.7. The van der Waals surface area contributed by atoms with Gasteiger partial charge in [-0.05, 0) is 31.4 Å². The van der Waals surface area contributed by atoms with Crippen molar-refractivity contribution in [3.05, 3.63) is 34.9 Å². The fraction of sp³-hybridized carbons (Fsp3) is 0.308. The van der Waals surface area contributed by atoms with Crippen LogP contribution in [0, 0.1) is 24.7 Å². The molecule has 1 heteroatoms. The van der Waals surface area contributed by atoms with E-state index in [-0.39, 0.29) is 0 Å². The Hall–Kier alpha value is -1.55. The molecule has 1 aromatic rings. The molecule has 0 aromatic heterocycles. The lowest BCUT2D eigenvalue weighted by atomic mass is 10.1. The average Bonchev–Trinajstić information content (AvgIpc) is 2.98. The molecule has 0 spiro atoms. The number of hydrogen-bond donors (Lipinski definition) is 0. The first kappa shape index (κ1) is 9.02. The van der Waals surface area contributed by atoms with Gasteiger partial charge in [-0.15, -0.1) is 0 Å². The maximum Gasteiger partial charge on any atom is 0.151 e. The Balaban J connectivity index is 2.34. The molecule has 1 fully saturated rings. The first-order chi connectivity index (χ1) is 6.79. The molecule has 0 atom stereocenters. The Kier molecular flexibility index (Phi) is 2.37. The van der Waals surface area contributed by atoms with Crippen LogP contribution in [0.1, 0.15) is 34.3 Å². The quantitative estimate of drug-likeness (QED) is 0.484. The van der Waals surface area contributed by atoms with E-state index in [1.54, 1.807) is 0 Å². The molecule has 0 N–H and O–H groups in total. The van der Waals surface area contributed by atoms with Gasteiger partial charge in [0.05, 0.1) is 0 Å². The molecule has 0 heterocycles. The van der Waals surface area contributed by atoms with Gasteiger partial charge in [0.25, 0.3) is 0 Å². The molecule has 1 aliphatic rings. The van der Waals surface area contributed by atoms with Crippen LogP contribution >= 0.6 is 0 Å². The summed E-state index contributed by atoms with van der Waals surface area (Å²) in [4.78, 5) is 10.7. The summed E-state index contributed by atoms with van der Waals surface area (Å²) in [5.41, 5.74) is 2.71. The van der Waals surface area contributed by atoms with Gasteiger partial charge >= 0.3 is 0 Å². The third kappa shape index (κ3) is 2.03. The Bertz CT molecular complexity index is 417. The number of carbonyl (C=O) groups excluding carboxylic acids is 1. The van der Waals surface area contributed by atoms with E-state index in [2.05, 4.69) is 11.8 Å². The second kappa shape index (κ2) is 3.67. The summed E-state index contributed by atoms with van der Waals surface area (Å²) in [6.45, 7) is 2.01. The minimum Gasteiger partial charge on any atom is -0.298 e. The minimum atomic E-state index is 0.579. The zero-order valence-electron chi connectivity index (χ0n) is 8.21. The molecule has 14 heavy (non-hydrogen) atoms. The summed E-state index contributed by atoms with van der Waals surface area (Å²) in [5.74, 6) is 6.83. The highest BCUT2D eigenvalue weighted by Crippen LogP contribution is 2.27. The number of carbonyl (C=O) groups is 1. The summed E-state index contributed by atoms with van der Waals surface area (Å²) in [6, 6.07) is 5.74. The predicted molar refractivity (Wildman–Crippen MR) is 56.2 cm³/mol. The van der Waals surface area contributed by atoms with E-state index in [1.807, 2.05) is 25.1 Å². The van der Waals surface area contributed by atoms with Gasteiger partial charge < -0.3 is 0 Å². The number of aryl methyl sites for hydroxylation is 1. The van der Waals surface area contributed by atoms with Crippen LogP contribution in [0.3, 0.4) is 0 Å². The maximum absolute atomic E-state index is 10.7. The van der Waals surface area contributed by atoms with Crippen LogP contribution in [-0.4, -0.2) is 6.29 Å². The highest BCUT2D eigenvalue weighted by atomic mass is 16.1. The molecule has 1 aliphatic carbocycles. The van der Waals surface area contributed by atoms with Crippen molar-refractivity contribution in [2.45, 2.75) is 19.8 Å². The summed E-state index contributed by atoms with van der Waals surface area (Å²) < 4.78 is 0. The zero-order chi connectivity index (χ0) is 9.97. The second-order valence-corrected chi connectivity index (χ2v) is 3.75. The number of aldehydes is 1. The molecule has 1 aromatic carbocycles. The molecule has 0 saturated heterocycles. The first-order valence-corrected chi connectivity index (χ1v) is 4.87. The van der Waals surface area contributed by atoms with E-state index in [4.69, 9.17) is 0 Å². The van der Waals surface area contributed by atoms with E-state index in [0.29, 0.717) is 11.5 Å². The lowest BCUT2D eigenvalue weighted by Crippen LogP contribution is -1.88. The monoisotopic (exact) mass is 184 g/mol. The Labute approximate surface area is 84.1 Å². The Morgan fingerprint density at radius 3 is 2.86 bits per heavy atom. The normalized spacial score (nSPS) is 14.4. The van der Waals surface area contributed by atoms with Gasteiger partial charge in [0, 0.05) is 17.0 Å². The van der Waals surface area contributed by atoms with Crippen molar-refractivity contribution in [3.63, 3.8) is 0 Å². The molecule has 1 saturated carbocycles. The van der Waals surface area contributed by atoms with Crippen molar-refractivity contribution in [1.82, 2.24) is 0 Å². The average molecular weight is 184 g/mol. The Morgan fingerprint density at radius 1 is 1.43 bits per heavy atom. The fourth-order valence-corrected chi connectivity index (χ4v) is 1.29. The molecule has 1 nitrogen and oxygen atoms in total. The minimum absolute atomic E-state index is 0.579. The third-order valence-electron chi connectivity index (χ3n) is 2.32. The first-order valence-electron chi connectivity index (χ1n) is 4.87. The van der Waals surface area contributed by atoms with Gasteiger partial charge in [-0.1, -0.05) is 24.0 Å². The lowest BCUT2D eigenvalue weighted by molar-refractivity contribution is 0.112. The van der Waals surface area contributed by atoms with Gasteiger partial charge in [0.1, 0.15) is 0 Å². The molecular formula is C13H12O.